The van der Waals surface area contributed by atoms with Gasteiger partial charge in [-0.3, -0.25) is 18.6 Å². The number of ether oxygens (including phenoxy) is 4. The van der Waals surface area contributed by atoms with E-state index >= 15 is 0 Å². The normalized spacial score (nSPS) is 38.7. The van der Waals surface area contributed by atoms with E-state index in [1.54, 1.807) is 13.8 Å². The molecule has 0 N–H and O–H groups in total. The van der Waals surface area contributed by atoms with Crippen LogP contribution in [0.25, 0.3) is 0 Å². The van der Waals surface area contributed by atoms with E-state index in [4.69, 9.17) is 23.1 Å². The van der Waals surface area contributed by atoms with E-state index in [-0.39, 0.29) is 41.9 Å². The van der Waals surface area contributed by atoms with Crippen molar-refractivity contribution in [3.8, 4) is 0 Å². The molecule has 11 nitrogen and oxygen atoms in total. The number of esters is 4. The number of hydrogen-bond acceptors (Lipinski definition) is 11. The second-order valence-corrected chi connectivity index (χ2v) is 15.5. The van der Waals surface area contributed by atoms with Crippen LogP contribution in [0.2, 0.25) is 0 Å². The maximum atomic E-state index is 12.1. The maximum Gasteiger partial charge on any atom is 0.344 e. The first kappa shape index (κ1) is 30.3. The summed E-state index contributed by atoms with van der Waals surface area (Å²) in [7, 11) is -3.53. The predicted octanol–water partition coefficient (Wildman–Crippen LogP) is 2.93. The van der Waals surface area contributed by atoms with Gasteiger partial charge in [0.05, 0.1) is 22.0 Å². The minimum atomic E-state index is -3.53. The molecule has 0 aromatic carbocycles. The van der Waals surface area contributed by atoms with E-state index in [1.165, 1.54) is 0 Å². The van der Waals surface area contributed by atoms with E-state index in [0.717, 1.165) is 19.3 Å². The molecule has 41 heavy (non-hydrogen) atoms. The van der Waals surface area contributed by atoms with E-state index < -0.39 is 57.0 Å². The van der Waals surface area contributed by atoms with Crippen molar-refractivity contribution in [1.82, 2.24) is 0 Å². The maximum absolute atomic E-state index is 12.1. The Morgan fingerprint density at radius 3 is 2.07 bits per heavy atom. The van der Waals surface area contributed by atoms with Gasteiger partial charge in [0.25, 0.3) is 10.1 Å². The summed E-state index contributed by atoms with van der Waals surface area (Å²) >= 11 is 0. The summed E-state index contributed by atoms with van der Waals surface area (Å²) < 4.78 is 50.2. The van der Waals surface area contributed by atoms with Crippen LogP contribution in [-0.2, 0) is 52.4 Å². The Balaban J connectivity index is 0.000000169. The molecule has 6 fully saturated rings. The van der Waals surface area contributed by atoms with Crippen LogP contribution in [0.15, 0.2) is 0 Å². The third-order valence-electron chi connectivity index (χ3n) is 10.5. The molecule has 10 atom stereocenters. The van der Waals surface area contributed by atoms with E-state index in [2.05, 4.69) is 0 Å². The van der Waals surface area contributed by atoms with Crippen molar-refractivity contribution in [2.45, 2.75) is 110 Å². The Bertz CT molecular complexity index is 1210. The molecule has 0 amide bonds. The molecular formula is C29H42O11S. The highest BCUT2D eigenvalue weighted by molar-refractivity contribution is 7.87. The molecular weight excluding hydrogens is 556 g/mol. The number of carbonyl (C=O) groups is 4. The lowest BCUT2D eigenvalue weighted by atomic mass is 9.87. The Kier molecular flexibility index (Phi) is 7.75. The van der Waals surface area contributed by atoms with Gasteiger partial charge in [-0.2, -0.15) is 8.42 Å². The Hall–Kier alpha value is -2.21. The number of fused-ring (bicyclic) bond motifs is 2. The molecule has 4 saturated carbocycles. The standard InChI is InChI=1S/C15H22O7S.C14H20O4/c1-4-15(2,3)14(17)20-7-11(16)21-12-8-5-9-10(6-8)23(18,19)22-13(9)12;1-4-14(2,3)13(16)18-10-7-5-8-9(6-7)12(15)17-11(8)10/h8-10,12-13H,4-7H2,1-3H3;7-11H,4-6H2,1-3H3. The first-order valence-electron chi connectivity index (χ1n) is 14.8. The van der Waals surface area contributed by atoms with E-state index in [9.17, 15) is 27.6 Å². The molecule has 0 aromatic rings. The molecule has 2 heterocycles. The number of rotatable bonds is 8. The molecule has 4 bridgehead atoms. The Morgan fingerprint density at radius 1 is 0.829 bits per heavy atom. The molecule has 230 valence electrons. The topological polar surface area (TPSA) is 149 Å². The SMILES string of the molecule is CCC(C)(C)C(=O)OC1C2CC3C(=O)OC1C3C2.CCC(C)(C)C(=O)OCC(=O)OC1C2CC3C1OS(=O)(=O)C3C2. The van der Waals surface area contributed by atoms with Gasteiger partial charge in [0, 0.05) is 23.7 Å². The highest BCUT2D eigenvalue weighted by Crippen LogP contribution is 2.56. The summed E-state index contributed by atoms with van der Waals surface area (Å²) in [5.41, 5.74) is -1.10. The third-order valence-corrected chi connectivity index (χ3v) is 12.3. The van der Waals surface area contributed by atoms with Crippen molar-refractivity contribution in [1.29, 1.82) is 0 Å². The third kappa shape index (κ3) is 5.28. The van der Waals surface area contributed by atoms with Gasteiger partial charge in [-0.25, -0.2) is 4.79 Å². The Morgan fingerprint density at radius 2 is 1.41 bits per heavy atom. The first-order valence-corrected chi connectivity index (χ1v) is 16.3. The van der Waals surface area contributed by atoms with Gasteiger partial charge in [-0.05, 0) is 66.2 Å². The molecule has 2 aliphatic heterocycles. The van der Waals surface area contributed by atoms with E-state index in [1.807, 2.05) is 27.7 Å². The molecule has 10 unspecified atom stereocenters. The molecule has 0 aromatic heterocycles. The molecule has 6 aliphatic rings. The highest BCUT2D eigenvalue weighted by atomic mass is 32.2. The van der Waals surface area contributed by atoms with Crippen LogP contribution < -0.4 is 0 Å². The average Bonchev–Trinajstić information content (AvgIpc) is 3.72. The van der Waals surface area contributed by atoms with Gasteiger partial charge >= 0.3 is 23.9 Å². The predicted molar refractivity (Wildman–Crippen MR) is 142 cm³/mol. The summed E-state index contributed by atoms with van der Waals surface area (Å²) in [4.78, 5) is 47.5. The van der Waals surface area contributed by atoms with Crippen LogP contribution >= 0.6 is 0 Å². The summed E-state index contributed by atoms with van der Waals surface area (Å²) in [6.07, 6.45) is 2.85. The summed E-state index contributed by atoms with van der Waals surface area (Å²) in [6, 6.07) is 0. The van der Waals surface area contributed by atoms with Gasteiger partial charge in [-0.1, -0.05) is 13.8 Å². The van der Waals surface area contributed by atoms with Crippen LogP contribution in [0, 0.1) is 40.4 Å². The van der Waals surface area contributed by atoms with Gasteiger partial charge in [0.15, 0.2) is 6.61 Å². The van der Waals surface area contributed by atoms with Crippen molar-refractivity contribution in [2.24, 2.45) is 40.4 Å². The van der Waals surface area contributed by atoms with Crippen molar-refractivity contribution in [3.63, 3.8) is 0 Å². The lowest BCUT2D eigenvalue weighted by Crippen LogP contribution is -2.39. The molecule has 0 spiro atoms. The largest absolute Gasteiger partial charge is 0.458 e. The van der Waals surface area contributed by atoms with Gasteiger partial charge in [0.1, 0.15) is 24.4 Å². The van der Waals surface area contributed by atoms with Gasteiger partial charge in [0.2, 0.25) is 0 Å². The number of hydrogen-bond donors (Lipinski definition) is 0. The molecule has 6 rings (SSSR count). The minimum Gasteiger partial charge on any atom is -0.458 e. The average molecular weight is 599 g/mol. The summed E-state index contributed by atoms with van der Waals surface area (Å²) in [6.45, 7) is 10.7. The monoisotopic (exact) mass is 598 g/mol. The fraction of sp³-hybridized carbons (Fsp3) is 0.862. The van der Waals surface area contributed by atoms with Crippen LogP contribution in [0.4, 0.5) is 0 Å². The van der Waals surface area contributed by atoms with Crippen LogP contribution in [0.5, 0.6) is 0 Å². The fourth-order valence-electron chi connectivity index (χ4n) is 7.19. The highest BCUT2D eigenvalue weighted by Gasteiger charge is 2.66. The fourth-order valence-corrected chi connectivity index (χ4v) is 9.07. The van der Waals surface area contributed by atoms with Crippen LogP contribution in [-0.4, -0.2) is 68.6 Å². The zero-order valence-corrected chi connectivity index (χ0v) is 25.4. The molecule has 2 saturated heterocycles. The summed E-state index contributed by atoms with van der Waals surface area (Å²) in [5.74, 6) is -0.727. The van der Waals surface area contributed by atoms with Gasteiger partial charge in [-0.15, -0.1) is 0 Å². The summed E-state index contributed by atoms with van der Waals surface area (Å²) in [5, 5.41) is -0.448. The van der Waals surface area contributed by atoms with Crippen molar-refractivity contribution in [3.05, 3.63) is 0 Å². The van der Waals surface area contributed by atoms with Crippen LogP contribution in [0.1, 0.15) is 80.1 Å². The first-order chi connectivity index (χ1) is 19.1. The molecule has 4 aliphatic carbocycles. The van der Waals surface area contributed by atoms with Gasteiger partial charge < -0.3 is 18.9 Å². The Labute approximate surface area is 241 Å². The smallest absolute Gasteiger partial charge is 0.344 e. The van der Waals surface area contributed by atoms with Crippen LogP contribution in [0.3, 0.4) is 0 Å². The lowest BCUT2D eigenvalue weighted by Gasteiger charge is -2.29. The van der Waals surface area contributed by atoms with Crippen molar-refractivity contribution >= 4 is 34.0 Å². The number of carbonyl (C=O) groups excluding carboxylic acids is 4. The molecule has 12 heteroatoms. The zero-order valence-electron chi connectivity index (χ0n) is 24.6. The second kappa shape index (κ2) is 10.5. The quantitative estimate of drug-likeness (QED) is 0.231. The molecule has 0 radical (unpaired) electrons. The van der Waals surface area contributed by atoms with Crippen molar-refractivity contribution in [2.75, 3.05) is 6.61 Å². The zero-order chi connectivity index (χ0) is 30.1. The lowest BCUT2D eigenvalue weighted by molar-refractivity contribution is -0.171. The second-order valence-electron chi connectivity index (χ2n) is 13.8. The minimum absolute atomic E-state index is 0.0130. The van der Waals surface area contributed by atoms with E-state index in [0.29, 0.717) is 31.1 Å². The van der Waals surface area contributed by atoms with Crippen molar-refractivity contribution < 1.29 is 50.7 Å².